The normalized spacial score (nSPS) is 2.57. The van der Waals surface area contributed by atoms with Gasteiger partial charge in [-0.2, -0.15) is 0 Å². The van der Waals surface area contributed by atoms with Crippen molar-refractivity contribution < 1.29 is 15.3 Å². The monoisotopic (exact) mass is 111 g/mol. The van der Waals surface area contributed by atoms with Gasteiger partial charge in [-0.15, -0.1) is 0 Å². The highest BCUT2D eigenvalue weighted by molar-refractivity contribution is 3.24. The molecule has 0 saturated carbocycles. The average molecular weight is 111 g/mol. The molecule has 0 aliphatic carbocycles. The van der Waals surface area contributed by atoms with Crippen molar-refractivity contribution in [3.05, 3.63) is 7.43 Å². The van der Waals surface area contributed by atoms with Gasteiger partial charge in [-0.25, -0.2) is 0 Å². The van der Waals surface area contributed by atoms with Gasteiger partial charge in [-0.1, -0.05) is 7.43 Å². The summed E-state index contributed by atoms with van der Waals surface area (Å²) in [6, 6.07) is 0. The zero-order valence-electron chi connectivity index (χ0n) is 5.34. The van der Waals surface area contributed by atoms with Crippen molar-refractivity contribution >= 4 is 0 Å². The molecule has 49 valence electrons. The molecule has 0 aliphatic rings. The lowest BCUT2D eigenvalue weighted by atomic mass is 11.8. The highest BCUT2D eigenvalue weighted by atomic mass is 16.2. The maximum Gasteiger partial charge on any atom is 0.0319 e. The third kappa shape index (κ3) is 6150. The summed E-state index contributed by atoms with van der Waals surface area (Å²) in [5, 5.41) is 21.0. The molecular formula is C4H15O3. The standard InChI is InChI=1S/3CH4O.CH3/c3*1-2;/h3*2H,1H3;1H3. The highest BCUT2D eigenvalue weighted by Crippen LogP contribution is 0.759. The molecule has 0 aromatic carbocycles. The second-order valence-corrected chi connectivity index (χ2v) is 0. The molecule has 0 aliphatic heterocycles. The fourth-order valence-electron chi connectivity index (χ4n) is 0. The molecule has 0 fully saturated rings. The van der Waals surface area contributed by atoms with E-state index in [1.54, 1.807) is 0 Å². The molecule has 0 spiro atoms. The van der Waals surface area contributed by atoms with Gasteiger partial charge >= 0.3 is 0 Å². The van der Waals surface area contributed by atoms with E-state index in [4.69, 9.17) is 15.3 Å². The van der Waals surface area contributed by atoms with Crippen LogP contribution in [0.3, 0.4) is 0 Å². The lowest BCUT2D eigenvalue weighted by molar-refractivity contribution is 0.399. The Hall–Kier alpha value is -0.120. The van der Waals surface area contributed by atoms with Gasteiger partial charge in [0.25, 0.3) is 0 Å². The molecule has 0 aromatic heterocycles. The summed E-state index contributed by atoms with van der Waals surface area (Å²) < 4.78 is 0. The summed E-state index contributed by atoms with van der Waals surface area (Å²) in [4.78, 5) is 0. The van der Waals surface area contributed by atoms with Crippen molar-refractivity contribution in [3.63, 3.8) is 0 Å². The van der Waals surface area contributed by atoms with Crippen LogP contribution in [0.1, 0.15) is 0 Å². The third-order valence-corrected chi connectivity index (χ3v) is 0. The fourth-order valence-corrected chi connectivity index (χ4v) is 0. The number of aliphatic hydroxyl groups excluding tert-OH is 3. The minimum atomic E-state index is 0. The first-order valence-corrected chi connectivity index (χ1v) is 1.34. The number of hydrogen-bond acceptors (Lipinski definition) is 3. The van der Waals surface area contributed by atoms with Gasteiger partial charge in [0.1, 0.15) is 0 Å². The van der Waals surface area contributed by atoms with Crippen molar-refractivity contribution in [3.8, 4) is 0 Å². The van der Waals surface area contributed by atoms with Gasteiger partial charge in [0.15, 0.2) is 0 Å². The molecule has 7 heavy (non-hydrogen) atoms. The Morgan fingerprint density at radius 3 is 0.571 bits per heavy atom. The largest absolute Gasteiger partial charge is 0.400 e. The molecule has 0 amide bonds. The quantitative estimate of drug-likeness (QED) is 0.386. The van der Waals surface area contributed by atoms with Crippen LogP contribution < -0.4 is 0 Å². The Morgan fingerprint density at radius 2 is 0.571 bits per heavy atom. The van der Waals surface area contributed by atoms with E-state index in [0.29, 0.717) is 0 Å². The fraction of sp³-hybridized carbons (Fsp3) is 0.750. The van der Waals surface area contributed by atoms with E-state index >= 15 is 0 Å². The minimum absolute atomic E-state index is 0. The van der Waals surface area contributed by atoms with Gasteiger partial charge in [0.2, 0.25) is 0 Å². The predicted octanol–water partition coefficient (Wildman–Crippen LogP) is -0.724. The van der Waals surface area contributed by atoms with Crippen LogP contribution in [0.25, 0.3) is 0 Å². The zero-order valence-corrected chi connectivity index (χ0v) is 5.34. The van der Waals surface area contributed by atoms with Crippen molar-refractivity contribution in [2.24, 2.45) is 0 Å². The first kappa shape index (κ1) is 28.7. The summed E-state index contributed by atoms with van der Waals surface area (Å²) in [7, 11) is 3.00. The Bertz CT molecular complexity index is 6.90. The van der Waals surface area contributed by atoms with E-state index in [2.05, 4.69) is 0 Å². The lowest BCUT2D eigenvalue weighted by Crippen LogP contribution is -1.25. The van der Waals surface area contributed by atoms with Crippen molar-refractivity contribution in [2.45, 2.75) is 0 Å². The third-order valence-electron chi connectivity index (χ3n) is 0. The number of aliphatic hydroxyl groups is 3. The topological polar surface area (TPSA) is 60.7 Å². The first-order valence-electron chi connectivity index (χ1n) is 1.34. The van der Waals surface area contributed by atoms with E-state index in [-0.39, 0.29) is 7.43 Å². The molecule has 0 heterocycles. The Kier molecular flexibility index (Phi) is 39800. The van der Waals surface area contributed by atoms with Gasteiger partial charge in [-0.3, -0.25) is 0 Å². The summed E-state index contributed by atoms with van der Waals surface area (Å²) in [5.74, 6) is 0. The van der Waals surface area contributed by atoms with Crippen LogP contribution in [-0.2, 0) is 0 Å². The van der Waals surface area contributed by atoms with Crippen LogP contribution in [0.2, 0.25) is 0 Å². The van der Waals surface area contributed by atoms with Gasteiger partial charge in [0, 0.05) is 21.3 Å². The molecule has 1 radical (unpaired) electrons. The predicted molar refractivity (Wildman–Crippen MR) is 30.8 cm³/mol. The highest BCUT2D eigenvalue weighted by Gasteiger charge is 0.843. The van der Waals surface area contributed by atoms with Crippen molar-refractivity contribution in [1.82, 2.24) is 0 Å². The molecule has 0 bridgehead atoms. The molecular weight excluding hydrogens is 96.0 g/mol. The van der Waals surface area contributed by atoms with Crippen molar-refractivity contribution in [1.29, 1.82) is 0 Å². The first-order chi connectivity index (χ1) is 3.00. The van der Waals surface area contributed by atoms with Gasteiger partial charge < -0.3 is 15.3 Å². The lowest BCUT2D eigenvalue weighted by Gasteiger charge is -1.21. The minimum Gasteiger partial charge on any atom is -0.400 e. The van der Waals surface area contributed by atoms with E-state index in [9.17, 15) is 0 Å². The van der Waals surface area contributed by atoms with E-state index in [0.717, 1.165) is 21.3 Å². The zero-order chi connectivity index (χ0) is 6.00. The van der Waals surface area contributed by atoms with Gasteiger partial charge in [-0.05, 0) is 0 Å². The molecule has 0 rings (SSSR count). The molecule has 0 aromatic rings. The number of rotatable bonds is 0. The van der Waals surface area contributed by atoms with E-state index < -0.39 is 0 Å². The van der Waals surface area contributed by atoms with Crippen LogP contribution in [0, 0.1) is 7.43 Å². The number of hydrogen-bond donors (Lipinski definition) is 3. The molecule has 0 atom stereocenters. The maximum atomic E-state index is 7.00. The second-order valence-electron chi connectivity index (χ2n) is 0. The molecule has 3 N–H and O–H groups in total. The van der Waals surface area contributed by atoms with Crippen LogP contribution in [0.4, 0.5) is 0 Å². The SMILES string of the molecule is CO.CO.CO.[CH3]. The smallest absolute Gasteiger partial charge is 0.0319 e. The van der Waals surface area contributed by atoms with Crippen LogP contribution in [0.5, 0.6) is 0 Å². The van der Waals surface area contributed by atoms with Gasteiger partial charge in [0.05, 0.1) is 0 Å². The summed E-state index contributed by atoms with van der Waals surface area (Å²) in [6.07, 6.45) is 0. The molecule has 0 saturated heterocycles. The van der Waals surface area contributed by atoms with Crippen LogP contribution >= 0.6 is 0 Å². The maximum absolute atomic E-state index is 7.00. The second kappa shape index (κ2) is 9720. The summed E-state index contributed by atoms with van der Waals surface area (Å²) in [5.41, 5.74) is 0. The Labute approximate surface area is 45.2 Å². The molecule has 3 heteroatoms. The average Bonchev–Trinajstić information content (AvgIpc) is 1.81. The van der Waals surface area contributed by atoms with E-state index in [1.807, 2.05) is 0 Å². The van der Waals surface area contributed by atoms with Crippen LogP contribution in [0.15, 0.2) is 0 Å². The molecule has 0 unspecified atom stereocenters. The summed E-state index contributed by atoms with van der Waals surface area (Å²) >= 11 is 0. The Balaban J connectivity index is -0.00000000900. The molecule has 3 nitrogen and oxygen atoms in total. The van der Waals surface area contributed by atoms with Crippen LogP contribution in [-0.4, -0.2) is 36.6 Å². The van der Waals surface area contributed by atoms with E-state index in [1.165, 1.54) is 0 Å². The van der Waals surface area contributed by atoms with Crippen molar-refractivity contribution in [2.75, 3.05) is 21.3 Å². The Morgan fingerprint density at radius 1 is 0.571 bits per heavy atom. The summed E-state index contributed by atoms with van der Waals surface area (Å²) in [6.45, 7) is 0.